The van der Waals surface area contributed by atoms with Crippen molar-refractivity contribution in [3.63, 3.8) is 0 Å². The normalized spacial score (nSPS) is 15.6. The van der Waals surface area contributed by atoms with Gasteiger partial charge in [-0.3, -0.25) is 4.79 Å². The predicted molar refractivity (Wildman–Crippen MR) is 122 cm³/mol. The monoisotopic (exact) mass is 444 g/mol. The van der Waals surface area contributed by atoms with Crippen molar-refractivity contribution in [1.29, 1.82) is 0 Å². The zero-order valence-corrected chi connectivity index (χ0v) is 19.4. The third kappa shape index (κ3) is 5.86. The summed E-state index contributed by atoms with van der Waals surface area (Å²) in [5, 5.41) is 0. The summed E-state index contributed by atoms with van der Waals surface area (Å²) >= 11 is 0. The van der Waals surface area contributed by atoms with Crippen molar-refractivity contribution in [3.05, 3.63) is 59.7 Å². The van der Waals surface area contributed by atoms with Crippen molar-refractivity contribution in [3.8, 4) is 5.75 Å². The maximum Gasteiger partial charge on any atom is 0.243 e. The molecule has 1 aliphatic heterocycles. The lowest BCUT2D eigenvalue weighted by Gasteiger charge is -2.32. The first-order valence-electron chi connectivity index (χ1n) is 10.8. The van der Waals surface area contributed by atoms with Gasteiger partial charge in [-0.2, -0.15) is 4.31 Å². The number of carbonyl (C=O) groups is 1. The molecule has 0 spiro atoms. The van der Waals surface area contributed by atoms with Crippen LogP contribution >= 0.6 is 0 Å². The van der Waals surface area contributed by atoms with E-state index >= 15 is 0 Å². The number of hydrogen-bond acceptors (Lipinski definition) is 4. The van der Waals surface area contributed by atoms with E-state index in [0.29, 0.717) is 44.0 Å². The number of sulfonamides is 1. The van der Waals surface area contributed by atoms with Crippen LogP contribution in [0.4, 0.5) is 0 Å². The molecule has 0 bridgehead atoms. The molecule has 6 nitrogen and oxygen atoms in total. The van der Waals surface area contributed by atoms with E-state index in [-0.39, 0.29) is 11.8 Å². The molecule has 2 aromatic carbocycles. The summed E-state index contributed by atoms with van der Waals surface area (Å²) < 4.78 is 33.3. The lowest BCUT2D eigenvalue weighted by Crippen LogP contribution is -2.43. The number of amides is 1. The smallest absolute Gasteiger partial charge is 0.243 e. The SMILES string of the molecule is Cc1ccc(S(=O)(=O)N2CCC(C(=O)N(C)CCCOc3ccccc3)CC2)c(C)c1. The molecule has 0 atom stereocenters. The van der Waals surface area contributed by atoms with Crippen LogP contribution in [0.1, 0.15) is 30.4 Å². The van der Waals surface area contributed by atoms with Crippen LogP contribution < -0.4 is 4.74 Å². The second-order valence-electron chi connectivity index (χ2n) is 8.22. The first kappa shape index (κ1) is 23.3. The van der Waals surface area contributed by atoms with Gasteiger partial charge < -0.3 is 9.64 Å². The molecule has 1 fully saturated rings. The van der Waals surface area contributed by atoms with E-state index in [9.17, 15) is 13.2 Å². The van der Waals surface area contributed by atoms with E-state index in [4.69, 9.17) is 4.74 Å². The standard InChI is InChI=1S/C24H32N2O4S/c1-19-10-11-23(20(2)18-19)31(28,29)26-15-12-21(13-16-26)24(27)25(3)14-7-17-30-22-8-5-4-6-9-22/h4-6,8-11,18,21H,7,12-17H2,1-3H3. The second-order valence-corrected chi connectivity index (χ2v) is 10.1. The summed E-state index contributed by atoms with van der Waals surface area (Å²) in [6.45, 7) is 5.69. The minimum atomic E-state index is -3.53. The van der Waals surface area contributed by atoms with E-state index in [2.05, 4.69) is 0 Å². The first-order chi connectivity index (χ1) is 14.8. The minimum Gasteiger partial charge on any atom is -0.494 e. The maximum atomic E-state index is 13.0. The highest BCUT2D eigenvalue weighted by Crippen LogP contribution is 2.27. The number of rotatable bonds is 8. The fraction of sp³-hybridized carbons (Fsp3) is 0.458. The molecular weight excluding hydrogens is 412 g/mol. The third-order valence-corrected chi connectivity index (χ3v) is 7.84. The van der Waals surface area contributed by atoms with Gasteiger partial charge in [0.2, 0.25) is 15.9 Å². The van der Waals surface area contributed by atoms with Crippen LogP contribution in [0.3, 0.4) is 0 Å². The van der Waals surface area contributed by atoms with Gasteiger partial charge >= 0.3 is 0 Å². The molecule has 1 amide bonds. The third-order valence-electron chi connectivity index (χ3n) is 5.78. The number of benzene rings is 2. The van der Waals surface area contributed by atoms with Crippen LogP contribution in [-0.2, 0) is 14.8 Å². The molecule has 1 saturated heterocycles. The van der Waals surface area contributed by atoms with Crippen LogP contribution in [0, 0.1) is 19.8 Å². The maximum absolute atomic E-state index is 13.0. The summed E-state index contributed by atoms with van der Waals surface area (Å²) in [7, 11) is -1.72. The Balaban J connectivity index is 1.47. The Labute approximate surface area is 185 Å². The molecule has 168 valence electrons. The largest absolute Gasteiger partial charge is 0.494 e. The summed E-state index contributed by atoms with van der Waals surface area (Å²) in [5.41, 5.74) is 1.80. The summed E-state index contributed by atoms with van der Waals surface area (Å²) in [5.74, 6) is 0.780. The van der Waals surface area contributed by atoms with Crippen molar-refractivity contribution >= 4 is 15.9 Å². The van der Waals surface area contributed by atoms with Crippen molar-refractivity contribution in [2.24, 2.45) is 5.92 Å². The van der Waals surface area contributed by atoms with Gasteiger partial charge in [-0.1, -0.05) is 35.9 Å². The highest BCUT2D eigenvalue weighted by atomic mass is 32.2. The topological polar surface area (TPSA) is 66.9 Å². The number of piperidine rings is 1. The molecule has 0 N–H and O–H groups in total. The number of ether oxygens (including phenoxy) is 1. The van der Waals surface area contributed by atoms with E-state index < -0.39 is 10.0 Å². The molecule has 31 heavy (non-hydrogen) atoms. The summed E-state index contributed by atoms with van der Waals surface area (Å²) in [4.78, 5) is 14.9. The molecule has 1 heterocycles. The van der Waals surface area contributed by atoms with E-state index in [1.807, 2.05) is 63.4 Å². The number of hydrogen-bond donors (Lipinski definition) is 0. The molecule has 0 aliphatic carbocycles. The van der Waals surface area contributed by atoms with E-state index in [1.165, 1.54) is 4.31 Å². The number of nitrogens with zero attached hydrogens (tertiary/aromatic N) is 2. The van der Waals surface area contributed by atoms with Crippen LogP contribution in [0.25, 0.3) is 0 Å². The molecule has 3 rings (SSSR count). The Bertz CT molecular complexity index is 984. The Kier molecular flexibility index (Phi) is 7.73. The Morgan fingerprint density at radius 1 is 1.10 bits per heavy atom. The molecule has 0 unspecified atom stereocenters. The Hall–Kier alpha value is -2.38. The highest BCUT2D eigenvalue weighted by Gasteiger charge is 2.33. The van der Waals surface area contributed by atoms with Gasteiger partial charge in [0.05, 0.1) is 11.5 Å². The van der Waals surface area contributed by atoms with Crippen molar-refractivity contribution in [2.45, 2.75) is 38.0 Å². The molecular formula is C24H32N2O4S. The second kappa shape index (κ2) is 10.3. The van der Waals surface area contributed by atoms with Gasteiger partial charge in [0.15, 0.2) is 0 Å². The van der Waals surface area contributed by atoms with Gasteiger partial charge in [-0.25, -0.2) is 8.42 Å². The van der Waals surface area contributed by atoms with Crippen molar-refractivity contribution in [1.82, 2.24) is 9.21 Å². The van der Waals surface area contributed by atoms with E-state index in [0.717, 1.165) is 23.3 Å². The van der Waals surface area contributed by atoms with Crippen LogP contribution in [0.15, 0.2) is 53.4 Å². The summed E-state index contributed by atoms with van der Waals surface area (Å²) in [6, 6.07) is 15.0. The molecule has 0 aromatic heterocycles. The van der Waals surface area contributed by atoms with Gasteiger partial charge in [0.25, 0.3) is 0 Å². The Morgan fingerprint density at radius 3 is 2.42 bits per heavy atom. The zero-order valence-electron chi connectivity index (χ0n) is 18.6. The summed E-state index contributed by atoms with van der Waals surface area (Å²) in [6.07, 6.45) is 1.85. The van der Waals surface area contributed by atoms with E-state index in [1.54, 1.807) is 11.0 Å². The van der Waals surface area contributed by atoms with Gasteiger partial charge in [-0.15, -0.1) is 0 Å². The van der Waals surface area contributed by atoms with Gasteiger partial charge in [0.1, 0.15) is 5.75 Å². The molecule has 1 aliphatic rings. The minimum absolute atomic E-state index is 0.0864. The lowest BCUT2D eigenvalue weighted by molar-refractivity contribution is -0.135. The lowest BCUT2D eigenvalue weighted by atomic mass is 9.96. The molecule has 7 heteroatoms. The van der Waals surface area contributed by atoms with Crippen LogP contribution in [-0.4, -0.2) is 56.8 Å². The first-order valence-corrected chi connectivity index (χ1v) is 12.2. The van der Waals surface area contributed by atoms with Crippen LogP contribution in [0.2, 0.25) is 0 Å². The average Bonchev–Trinajstić information content (AvgIpc) is 2.76. The Morgan fingerprint density at radius 2 is 1.77 bits per heavy atom. The predicted octanol–water partition coefficient (Wildman–Crippen LogP) is 3.63. The highest BCUT2D eigenvalue weighted by molar-refractivity contribution is 7.89. The number of para-hydroxylation sites is 1. The fourth-order valence-electron chi connectivity index (χ4n) is 4.00. The quantitative estimate of drug-likeness (QED) is 0.583. The molecule has 2 aromatic rings. The average molecular weight is 445 g/mol. The molecule has 0 radical (unpaired) electrons. The zero-order chi connectivity index (χ0) is 22.4. The van der Waals surface area contributed by atoms with Gasteiger partial charge in [-0.05, 0) is 56.9 Å². The fourth-order valence-corrected chi connectivity index (χ4v) is 5.68. The van der Waals surface area contributed by atoms with Crippen molar-refractivity contribution in [2.75, 3.05) is 33.3 Å². The number of aryl methyl sites for hydroxylation is 2. The van der Waals surface area contributed by atoms with Crippen LogP contribution in [0.5, 0.6) is 5.75 Å². The number of carbonyl (C=O) groups excluding carboxylic acids is 1. The van der Waals surface area contributed by atoms with Crippen molar-refractivity contribution < 1.29 is 17.9 Å². The van der Waals surface area contributed by atoms with Gasteiger partial charge in [0, 0.05) is 32.6 Å². The molecule has 0 saturated carbocycles.